The van der Waals surface area contributed by atoms with E-state index in [0.29, 0.717) is 6.32 Å². The van der Waals surface area contributed by atoms with Crippen molar-refractivity contribution in [1.29, 1.82) is 0 Å². The summed E-state index contributed by atoms with van der Waals surface area (Å²) in [5.41, 5.74) is 1.92. The minimum atomic E-state index is 0.461. The van der Waals surface area contributed by atoms with Gasteiger partial charge in [0, 0.05) is 5.56 Å². The van der Waals surface area contributed by atoms with Gasteiger partial charge in [-0.15, -0.1) is 0 Å². The molecule has 0 unspecified atom stereocenters. The Hall–Kier alpha value is -0.725. The quantitative estimate of drug-likeness (QED) is 0.622. The van der Waals surface area contributed by atoms with E-state index in [0.717, 1.165) is 17.0 Å². The molecule has 0 bridgehead atoms. The zero-order valence-electron chi connectivity index (χ0n) is 9.64. The Morgan fingerprint density at radius 3 is 1.77 bits per heavy atom. The molecular formula is C10H20BNO. The number of aromatic nitrogens is 1. The highest BCUT2D eigenvalue weighted by Gasteiger charge is 2.03. The lowest BCUT2D eigenvalue weighted by Gasteiger charge is -1.85. The minimum absolute atomic E-state index is 0.461. The van der Waals surface area contributed by atoms with Crippen LogP contribution < -0.4 is 0 Å². The Labute approximate surface area is 83.1 Å². The molecule has 0 fully saturated rings. The van der Waals surface area contributed by atoms with E-state index in [1.54, 1.807) is 0 Å². The molecule has 0 saturated carbocycles. The van der Waals surface area contributed by atoms with Crippen LogP contribution in [0.4, 0.5) is 0 Å². The number of aryl methyl sites for hydroxylation is 1. The van der Waals surface area contributed by atoms with Gasteiger partial charge in [-0.3, -0.25) is 0 Å². The van der Waals surface area contributed by atoms with Crippen molar-refractivity contribution in [2.45, 2.75) is 47.9 Å². The molecule has 74 valence electrons. The molecule has 0 aromatic carbocycles. The predicted molar refractivity (Wildman–Crippen MR) is 58.1 cm³/mol. The maximum Gasteiger partial charge on any atom is 0.136 e. The maximum atomic E-state index is 5.34. The second-order valence-electron chi connectivity index (χ2n) is 2.01. The first kappa shape index (κ1) is 14.8. The van der Waals surface area contributed by atoms with Gasteiger partial charge in [0.2, 0.25) is 0 Å². The lowest BCUT2D eigenvalue weighted by atomic mass is 9.99. The zero-order chi connectivity index (χ0) is 10.9. The summed E-state index contributed by atoms with van der Waals surface area (Å²) in [5.74, 6) is 0.857. The van der Waals surface area contributed by atoms with Crippen LogP contribution in [-0.2, 0) is 6.32 Å². The first-order valence-electron chi connectivity index (χ1n) is 4.87. The summed E-state index contributed by atoms with van der Waals surface area (Å²) in [6.45, 7) is 11.8. The second-order valence-corrected chi connectivity index (χ2v) is 2.01. The lowest BCUT2D eigenvalue weighted by Crippen LogP contribution is -1.85. The van der Waals surface area contributed by atoms with Crippen LogP contribution in [0.5, 0.6) is 0 Å². The molecule has 0 aliphatic heterocycles. The summed E-state index contributed by atoms with van der Waals surface area (Å²) < 4.78 is 4.86. The highest BCUT2D eigenvalue weighted by molar-refractivity contribution is 6.08. The Morgan fingerprint density at radius 2 is 1.62 bits per heavy atom. The van der Waals surface area contributed by atoms with Crippen LogP contribution in [0.2, 0.25) is 0 Å². The van der Waals surface area contributed by atoms with Crippen molar-refractivity contribution in [2.75, 3.05) is 0 Å². The van der Waals surface area contributed by atoms with Crippen molar-refractivity contribution in [3.05, 3.63) is 17.0 Å². The van der Waals surface area contributed by atoms with E-state index in [-0.39, 0.29) is 0 Å². The molecule has 1 aromatic rings. The third-order valence-corrected chi connectivity index (χ3v) is 1.45. The summed E-state index contributed by atoms with van der Waals surface area (Å²) in [7, 11) is 5.34. The predicted octanol–water partition coefficient (Wildman–Crippen LogP) is 3.01. The summed E-state index contributed by atoms with van der Waals surface area (Å²) in [5, 5.41) is 3.73. The van der Waals surface area contributed by atoms with E-state index >= 15 is 0 Å². The van der Waals surface area contributed by atoms with Crippen LogP contribution >= 0.6 is 0 Å². The van der Waals surface area contributed by atoms with Crippen LogP contribution in [0, 0.1) is 13.8 Å². The van der Waals surface area contributed by atoms with Gasteiger partial charge in [0.25, 0.3) is 0 Å². The minimum Gasteiger partial charge on any atom is -0.361 e. The van der Waals surface area contributed by atoms with Crippen molar-refractivity contribution in [3.8, 4) is 0 Å². The largest absolute Gasteiger partial charge is 0.361 e. The summed E-state index contributed by atoms with van der Waals surface area (Å²) >= 11 is 0. The second kappa shape index (κ2) is 9.36. The molecule has 13 heavy (non-hydrogen) atoms. The highest BCUT2D eigenvalue weighted by atomic mass is 16.5. The highest BCUT2D eigenvalue weighted by Crippen LogP contribution is 2.09. The van der Waals surface area contributed by atoms with Gasteiger partial charge in [-0.2, -0.15) is 0 Å². The van der Waals surface area contributed by atoms with E-state index < -0.39 is 0 Å². The molecule has 0 aliphatic rings. The molecule has 3 heteroatoms. The average molecular weight is 181 g/mol. The number of rotatable bonds is 1. The van der Waals surface area contributed by atoms with Crippen molar-refractivity contribution in [2.24, 2.45) is 0 Å². The van der Waals surface area contributed by atoms with E-state index in [2.05, 4.69) is 5.16 Å². The van der Waals surface area contributed by atoms with Crippen molar-refractivity contribution >= 4 is 7.85 Å². The van der Waals surface area contributed by atoms with Crippen LogP contribution in [0.1, 0.15) is 44.7 Å². The van der Waals surface area contributed by atoms with Crippen LogP contribution in [0.15, 0.2) is 4.52 Å². The van der Waals surface area contributed by atoms with Crippen molar-refractivity contribution < 1.29 is 4.52 Å². The Balaban J connectivity index is 0. The van der Waals surface area contributed by atoms with E-state index in [1.165, 1.54) is 0 Å². The van der Waals surface area contributed by atoms with E-state index in [1.807, 2.05) is 41.5 Å². The average Bonchev–Trinajstić information content (AvgIpc) is 2.54. The molecule has 1 rings (SSSR count). The molecule has 1 aromatic heterocycles. The molecule has 0 spiro atoms. The maximum absolute atomic E-state index is 5.34. The number of hydrogen-bond donors (Lipinski definition) is 0. The van der Waals surface area contributed by atoms with Crippen LogP contribution in [0.3, 0.4) is 0 Å². The molecule has 0 saturated heterocycles. The van der Waals surface area contributed by atoms with E-state index in [9.17, 15) is 0 Å². The van der Waals surface area contributed by atoms with E-state index in [4.69, 9.17) is 12.4 Å². The topological polar surface area (TPSA) is 26.0 Å². The van der Waals surface area contributed by atoms with Gasteiger partial charge in [0.1, 0.15) is 5.76 Å². The molecule has 1 heterocycles. The molecule has 0 N–H and O–H groups in total. The van der Waals surface area contributed by atoms with Crippen LogP contribution in [-0.4, -0.2) is 13.0 Å². The van der Waals surface area contributed by atoms with Crippen LogP contribution in [0.25, 0.3) is 0 Å². The SMILES string of the molecule is CC.CC.[B]Cc1noc(C)c1C. The van der Waals surface area contributed by atoms with Gasteiger partial charge in [-0.1, -0.05) is 32.9 Å². The molecule has 0 amide bonds. The molecule has 0 aliphatic carbocycles. The lowest BCUT2D eigenvalue weighted by molar-refractivity contribution is 0.392. The van der Waals surface area contributed by atoms with Gasteiger partial charge >= 0.3 is 0 Å². The molecule has 0 atom stereocenters. The fourth-order valence-corrected chi connectivity index (χ4v) is 0.654. The molecular weight excluding hydrogens is 161 g/mol. The van der Waals surface area contributed by atoms with Gasteiger partial charge in [-0.05, 0) is 20.2 Å². The first-order valence-corrected chi connectivity index (χ1v) is 4.87. The fourth-order valence-electron chi connectivity index (χ4n) is 0.654. The third-order valence-electron chi connectivity index (χ3n) is 1.45. The van der Waals surface area contributed by atoms with Crippen molar-refractivity contribution in [1.82, 2.24) is 5.16 Å². The normalized spacial score (nSPS) is 7.85. The van der Waals surface area contributed by atoms with Gasteiger partial charge < -0.3 is 4.52 Å². The fraction of sp³-hybridized carbons (Fsp3) is 0.700. The monoisotopic (exact) mass is 181 g/mol. The Bertz CT molecular complexity index is 209. The molecule has 2 nitrogen and oxygen atoms in total. The van der Waals surface area contributed by atoms with Gasteiger partial charge in [-0.25, -0.2) is 0 Å². The third kappa shape index (κ3) is 4.76. The smallest absolute Gasteiger partial charge is 0.136 e. The standard InChI is InChI=1S/C6H8BNO.2C2H6/c1-4-5(2)9-8-6(4)3-7;2*1-2/h3H2,1-2H3;2*1-2H3. The number of nitrogens with zero attached hydrogens (tertiary/aromatic N) is 1. The first-order chi connectivity index (χ1) is 6.25. The summed E-state index contributed by atoms with van der Waals surface area (Å²) in [6.07, 6.45) is 0.461. The van der Waals surface area contributed by atoms with Crippen molar-refractivity contribution in [3.63, 3.8) is 0 Å². The Morgan fingerprint density at radius 1 is 1.15 bits per heavy atom. The Kier molecular flexibility index (Phi) is 10.6. The number of hydrogen-bond acceptors (Lipinski definition) is 2. The molecule has 2 radical (unpaired) electrons. The zero-order valence-corrected chi connectivity index (χ0v) is 9.64. The van der Waals surface area contributed by atoms with Gasteiger partial charge in [0.15, 0.2) is 0 Å². The van der Waals surface area contributed by atoms with Gasteiger partial charge in [0.05, 0.1) is 13.5 Å². The summed E-state index contributed by atoms with van der Waals surface area (Å²) in [4.78, 5) is 0. The summed E-state index contributed by atoms with van der Waals surface area (Å²) in [6, 6.07) is 0.